The zero-order chi connectivity index (χ0) is 22.4. The number of carbonyl (C=O) groups excluding carboxylic acids is 1. The number of nitrogens with zero attached hydrogens (tertiary/aromatic N) is 2. The van der Waals surface area contributed by atoms with Crippen LogP contribution in [0.5, 0.6) is 0 Å². The maximum Gasteiger partial charge on any atom is 0.264 e. The van der Waals surface area contributed by atoms with E-state index in [0.717, 1.165) is 4.31 Å². The quantitative estimate of drug-likeness (QED) is 0.370. The van der Waals surface area contributed by atoms with Crippen LogP contribution in [-0.4, -0.2) is 27.1 Å². The molecule has 3 aromatic rings. The van der Waals surface area contributed by atoms with Crippen molar-refractivity contribution in [2.45, 2.75) is 4.90 Å². The average Bonchev–Trinajstić information content (AvgIpc) is 2.74. The van der Waals surface area contributed by atoms with Gasteiger partial charge in [0.1, 0.15) is 6.54 Å². The molecule has 0 bridgehead atoms. The zero-order valence-corrected chi connectivity index (χ0v) is 19.0. The van der Waals surface area contributed by atoms with Crippen LogP contribution < -0.4 is 9.73 Å². The van der Waals surface area contributed by atoms with Gasteiger partial charge in [0.15, 0.2) is 0 Å². The Balaban J connectivity index is 1.86. The lowest BCUT2D eigenvalue weighted by Crippen LogP contribution is -2.39. The second-order valence-electron chi connectivity index (χ2n) is 6.27. The molecule has 0 aromatic heterocycles. The first-order chi connectivity index (χ1) is 14.8. The summed E-state index contributed by atoms with van der Waals surface area (Å²) in [5.41, 5.74) is 3.15. The predicted molar refractivity (Wildman–Crippen MR) is 125 cm³/mol. The lowest BCUT2D eigenvalue weighted by Gasteiger charge is -2.24. The van der Waals surface area contributed by atoms with Crippen molar-refractivity contribution in [2.24, 2.45) is 5.10 Å². The molecule has 0 fully saturated rings. The fourth-order valence-corrected chi connectivity index (χ4v) is 4.74. The van der Waals surface area contributed by atoms with Gasteiger partial charge in [-0.1, -0.05) is 65.1 Å². The van der Waals surface area contributed by atoms with Crippen LogP contribution in [-0.2, 0) is 14.8 Å². The Bertz CT molecular complexity index is 1200. The van der Waals surface area contributed by atoms with E-state index in [1.54, 1.807) is 42.5 Å². The molecule has 0 atom stereocenters. The van der Waals surface area contributed by atoms with Crippen LogP contribution in [0.4, 0.5) is 5.69 Å². The van der Waals surface area contributed by atoms with E-state index >= 15 is 0 Å². The fraction of sp³-hybridized carbons (Fsp3) is 0.0476. The van der Waals surface area contributed by atoms with Crippen molar-refractivity contribution >= 4 is 62.6 Å². The predicted octanol–water partition coefficient (Wildman–Crippen LogP) is 4.99. The van der Waals surface area contributed by atoms with Gasteiger partial charge in [-0.25, -0.2) is 13.8 Å². The minimum Gasteiger partial charge on any atom is -0.271 e. The topological polar surface area (TPSA) is 78.8 Å². The summed E-state index contributed by atoms with van der Waals surface area (Å²) >= 11 is 18.0. The number of amides is 1. The Kier molecular flexibility index (Phi) is 7.56. The highest BCUT2D eigenvalue weighted by atomic mass is 35.5. The highest BCUT2D eigenvalue weighted by Crippen LogP contribution is 2.32. The van der Waals surface area contributed by atoms with Gasteiger partial charge in [-0.2, -0.15) is 5.10 Å². The Morgan fingerprint density at radius 1 is 0.935 bits per heavy atom. The SMILES string of the molecule is O=C(CN(c1ccc(Cl)cc1Cl)S(=O)(=O)c1ccccc1)N/N=C\c1ccc(Cl)cc1. The van der Waals surface area contributed by atoms with E-state index in [1.165, 1.54) is 36.5 Å². The van der Waals surface area contributed by atoms with Crippen LogP contribution in [0.25, 0.3) is 0 Å². The van der Waals surface area contributed by atoms with Gasteiger partial charge in [-0.3, -0.25) is 9.10 Å². The third-order valence-corrected chi connectivity index (χ3v) is 6.63. The summed E-state index contributed by atoms with van der Waals surface area (Å²) in [7, 11) is -4.09. The molecule has 0 aliphatic heterocycles. The summed E-state index contributed by atoms with van der Waals surface area (Å²) < 4.78 is 27.4. The monoisotopic (exact) mass is 495 g/mol. The molecule has 1 amide bonds. The van der Waals surface area contributed by atoms with Gasteiger partial charge in [0.25, 0.3) is 15.9 Å². The van der Waals surface area contributed by atoms with E-state index in [0.29, 0.717) is 15.6 Å². The third-order valence-electron chi connectivity index (χ3n) is 4.07. The Hall–Kier alpha value is -2.58. The zero-order valence-electron chi connectivity index (χ0n) is 15.9. The Labute approximate surface area is 195 Å². The van der Waals surface area contributed by atoms with Crippen LogP contribution in [0, 0.1) is 0 Å². The minimum absolute atomic E-state index is 0.0125. The normalized spacial score (nSPS) is 11.5. The van der Waals surface area contributed by atoms with Crippen molar-refractivity contribution in [2.75, 3.05) is 10.8 Å². The van der Waals surface area contributed by atoms with Gasteiger partial charge in [0.05, 0.1) is 21.8 Å². The molecule has 0 aliphatic rings. The highest BCUT2D eigenvalue weighted by molar-refractivity contribution is 7.92. The van der Waals surface area contributed by atoms with E-state index in [1.807, 2.05) is 0 Å². The molecule has 0 spiro atoms. The highest BCUT2D eigenvalue weighted by Gasteiger charge is 2.28. The number of nitrogens with one attached hydrogen (secondary N) is 1. The molecule has 31 heavy (non-hydrogen) atoms. The summed E-state index contributed by atoms with van der Waals surface area (Å²) in [4.78, 5) is 12.5. The molecule has 0 saturated heterocycles. The number of rotatable bonds is 7. The van der Waals surface area contributed by atoms with Crippen LogP contribution in [0.15, 0.2) is 82.8 Å². The smallest absolute Gasteiger partial charge is 0.264 e. The summed E-state index contributed by atoms with van der Waals surface area (Å²) in [5.74, 6) is -0.657. The van der Waals surface area contributed by atoms with Crippen molar-refractivity contribution < 1.29 is 13.2 Å². The number of benzene rings is 3. The molecule has 0 aliphatic carbocycles. The van der Waals surface area contributed by atoms with E-state index in [9.17, 15) is 13.2 Å². The molecule has 0 saturated carbocycles. The number of hydrogen-bond donors (Lipinski definition) is 1. The third kappa shape index (κ3) is 5.98. The van der Waals surface area contributed by atoms with Gasteiger partial charge in [0.2, 0.25) is 0 Å². The van der Waals surface area contributed by atoms with Gasteiger partial charge in [0, 0.05) is 10.0 Å². The molecule has 0 heterocycles. The number of hydrazone groups is 1. The number of halogens is 3. The van der Waals surface area contributed by atoms with Crippen LogP contribution >= 0.6 is 34.8 Å². The van der Waals surface area contributed by atoms with Gasteiger partial charge in [-0.05, 0) is 48.0 Å². The lowest BCUT2D eigenvalue weighted by atomic mass is 10.2. The average molecular weight is 497 g/mol. The summed E-state index contributed by atoms with van der Waals surface area (Å²) in [6.45, 7) is -0.545. The minimum atomic E-state index is -4.09. The molecule has 3 rings (SSSR count). The van der Waals surface area contributed by atoms with Crippen LogP contribution in [0.1, 0.15) is 5.56 Å². The molecule has 0 unspecified atom stereocenters. The molecular formula is C21H16Cl3N3O3S. The molecule has 160 valence electrons. The summed E-state index contributed by atoms with van der Waals surface area (Å²) in [6.07, 6.45) is 1.42. The van der Waals surface area contributed by atoms with Crippen LogP contribution in [0.2, 0.25) is 15.1 Å². The largest absolute Gasteiger partial charge is 0.271 e. The molecule has 3 aromatic carbocycles. The van der Waals surface area contributed by atoms with Gasteiger partial charge in [-0.15, -0.1) is 0 Å². The molecule has 0 radical (unpaired) electrons. The van der Waals surface area contributed by atoms with E-state index < -0.39 is 22.5 Å². The standard InChI is InChI=1S/C21H16Cl3N3O3S/c22-16-8-6-15(7-9-16)13-25-26-21(28)14-27(20-11-10-17(23)12-19(20)24)31(29,30)18-4-2-1-3-5-18/h1-13H,14H2,(H,26,28)/b25-13-. The second kappa shape index (κ2) is 10.2. The van der Waals surface area contributed by atoms with Gasteiger partial charge < -0.3 is 0 Å². The Morgan fingerprint density at radius 2 is 1.58 bits per heavy atom. The van der Waals surface area contributed by atoms with E-state index in [4.69, 9.17) is 34.8 Å². The lowest BCUT2D eigenvalue weighted by molar-refractivity contribution is -0.119. The first-order valence-electron chi connectivity index (χ1n) is 8.88. The molecular weight excluding hydrogens is 481 g/mol. The summed E-state index contributed by atoms with van der Waals surface area (Å²) in [5, 5.41) is 4.86. The van der Waals surface area contributed by atoms with Crippen molar-refractivity contribution in [3.05, 3.63) is 93.4 Å². The first kappa shape index (κ1) is 23.1. The van der Waals surface area contributed by atoms with Crippen molar-refractivity contribution in [3.63, 3.8) is 0 Å². The molecule has 6 nitrogen and oxygen atoms in total. The molecule has 1 N–H and O–H groups in total. The second-order valence-corrected chi connectivity index (χ2v) is 9.41. The van der Waals surface area contributed by atoms with E-state index in [2.05, 4.69) is 10.5 Å². The maximum absolute atomic E-state index is 13.2. The van der Waals surface area contributed by atoms with Crippen molar-refractivity contribution in [1.82, 2.24) is 5.43 Å². The maximum atomic E-state index is 13.2. The number of carbonyl (C=O) groups is 1. The van der Waals surface area contributed by atoms with E-state index in [-0.39, 0.29) is 15.6 Å². The number of sulfonamides is 1. The van der Waals surface area contributed by atoms with Crippen molar-refractivity contribution in [3.8, 4) is 0 Å². The number of anilines is 1. The van der Waals surface area contributed by atoms with Crippen molar-refractivity contribution in [1.29, 1.82) is 0 Å². The first-order valence-corrected chi connectivity index (χ1v) is 11.4. The molecule has 10 heteroatoms. The Morgan fingerprint density at radius 3 is 2.23 bits per heavy atom. The summed E-state index contributed by atoms with van der Waals surface area (Å²) in [6, 6.07) is 18.9. The fourth-order valence-electron chi connectivity index (χ4n) is 2.60. The number of hydrogen-bond acceptors (Lipinski definition) is 4. The van der Waals surface area contributed by atoms with Gasteiger partial charge >= 0.3 is 0 Å². The van der Waals surface area contributed by atoms with Crippen LogP contribution in [0.3, 0.4) is 0 Å².